The van der Waals surface area contributed by atoms with Gasteiger partial charge in [-0.1, -0.05) is 0 Å². The van der Waals surface area contributed by atoms with Crippen molar-refractivity contribution in [2.45, 2.75) is 39.2 Å². The smallest absolute Gasteiger partial charge is 0.313 e. The van der Waals surface area contributed by atoms with Gasteiger partial charge in [0, 0.05) is 6.07 Å². The molecule has 106 valence electrons. The van der Waals surface area contributed by atoms with Crippen molar-refractivity contribution in [3.63, 3.8) is 0 Å². The molecule has 1 aromatic carbocycles. The highest BCUT2D eigenvalue weighted by atomic mass is 16.6. The molecule has 0 spiro atoms. The molecule has 0 bridgehead atoms. The van der Waals surface area contributed by atoms with Crippen molar-refractivity contribution in [2.24, 2.45) is 0 Å². The minimum Gasteiger partial charge on any atom is -0.497 e. The number of benzene rings is 1. The number of rotatable bonds is 4. The predicted octanol–water partition coefficient (Wildman–Crippen LogP) is 3.15. The van der Waals surface area contributed by atoms with Crippen molar-refractivity contribution in [3.8, 4) is 11.5 Å². The third-order valence-electron chi connectivity index (χ3n) is 2.63. The quantitative estimate of drug-likeness (QED) is 0.785. The fourth-order valence-electron chi connectivity index (χ4n) is 1.61. The summed E-state index contributed by atoms with van der Waals surface area (Å²) in [5.41, 5.74) is 0.319. The SMILES string of the molecule is COc1cc(OC)cc(C(C)C(=O)OC(C)(C)C)c1. The highest BCUT2D eigenvalue weighted by Gasteiger charge is 2.23. The summed E-state index contributed by atoms with van der Waals surface area (Å²) in [7, 11) is 3.16. The topological polar surface area (TPSA) is 44.8 Å². The molecule has 1 rings (SSSR count). The van der Waals surface area contributed by atoms with Gasteiger partial charge in [-0.2, -0.15) is 0 Å². The number of esters is 1. The monoisotopic (exact) mass is 266 g/mol. The molecule has 1 unspecified atom stereocenters. The summed E-state index contributed by atoms with van der Waals surface area (Å²) in [6.07, 6.45) is 0. The Balaban J connectivity index is 2.98. The van der Waals surface area contributed by atoms with E-state index in [0.29, 0.717) is 11.5 Å². The molecule has 0 amide bonds. The number of hydrogen-bond acceptors (Lipinski definition) is 4. The molecule has 1 atom stereocenters. The van der Waals surface area contributed by atoms with Crippen LogP contribution in [0.5, 0.6) is 11.5 Å². The maximum atomic E-state index is 12.1. The van der Waals surface area contributed by atoms with E-state index in [0.717, 1.165) is 5.56 Å². The summed E-state index contributed by atoms with van der Waals surface area (Å²) in [6.45, 7) is 7.36. The Morgan fingerprint density at radius 3 is 1.89 bits per heavy atom. The zero-order chi connectivity index (χ0) is 14.6. The molecule has 0 saturated carbocycles. The molecular weight excluding hydrogens is 244 g/mol. The Labute approximate surface area is 114 Å². The largest absolute Gasteiger partial charge is 0.497 e. The molecule has 0 aromatic heterocycles. The molecular formula is C15H22O4. The lowest BCUT2D eigenvalue weighted by molar-refractivity contribution is -0.156. The lowest BCUT2D eigenvalue weighted by atomic mass is 10.0. The number of carbonyl (C=O) groups excluding carboxylic acids is 1. The van der Waals surface area contributed by atoms with E-state index in [2.05, 4.69) is 0 Å². The third kappa shape index (κ3) is 4.47. The van der Waals surface area contributed by atoms with Crippen molar-refractivity contribution >= 4 is 5.97 Å². The van der Waals surface area contributed by atoms with E-state index in [4.69, 9.17) is 14.2 Å². The second kappa shape index (κ2) is 5.95. The van der Waals surface area contributed by atoms with Crippen LogP contribution in [0, 0.1) is 0 Å². The molecule has 0 radical (unpaired) electrons. The second-order valence-corrected chi connectivity index (χ2v) is 5.40. The molecule has 0 aliphatic carbocycles. The van der Waals surface area contributed by atoms with Crippen LogP contribution in [0.1, 0.15) is 39.2 Å². The van der Waals surface area contributed by atoms with Crippen molar-refractivity contribution in [1.29, 1.82) is 0 Å². The van der Waals surface area contributed by atoms with Gasteiger partial charge in [0.2, 0.25) is 0 Å². The van der Waals surface area contributed by atoms with Crippen LogP contribution in [0.2, 0.25) is 0 Å². The van der Waals surface area contributed by atoms with E-state index >= 15 is 0 Å². The van der Waals surface area contributed by atoms with Gasteiger partial charge in [-0.3, -0.25) is 4.79 Å². The van der Waals surface area contributed by atoms with E-state index < -0.39 is 5.60 Å². The highest BCUT2D eigenvalue weighted by Crippen LogP contribution is 2.28. The van der Waals surface area contributed by atoms with Crippen LogP contribution in [-0.4, -0.2) is 25.8 Å². The normalized spacial score (nSPS) is 12.7. The van der Waals surface area contributed by atoms with E-state index in [1.807, 2.05) is 39.8 Å². The molecule has 0 aliphatic rings. The van der Waals surface area contributed by atoms with Crippen LogP contribution < -0.4 is 9.47 Å². The second-order valence-electron chi connectivity index (χ2n) is 5.40. The fourth-order valence-corrected chi connectivity index (χ4v) is 1.61. The van der Waals surface area contributed by atoms with Gasteiger partial charge in [0.05, 0.1) is 20.1 Å². The van der Waals surface area contributed by atoms with Crippen molar-refractivity contribution in [1.82, 2.24) is 0 Å². The molecule has 0 saturated heterocycles. The number of ether oxygens (including phenoxy) is 3. The van der Waals surface area contributed by atoms with E-state index in [1.165, 1.54) is 0 Å². The van der Waals surface area contributed by atoms with Gasteiger partial charge < -0.3 is 14.2 Å². The van der Waals surface area contributed by atoms with Crippen molar-refractivity contribution in [2.75, 3.05) is 14.2 Å². The molecule has 19 heavy (non-hydrogen) atoms. The van der Waals surface area contributed by atoms with Crippen molar-refractivity contribution < 1.29 is 19.0 Å². The Morgan fingerprint density at radius 1 is 1.05 bits per heavy atom. The molecule has 0 N–H and O–H groups in total. The van der Waals surface area contributed by atoms with Crippen LogP contribution in [0.4, 0.5) is 0 Å². The molecule has 0 aliphatic heterocycles. The summed E-state index contributed by atoms with van der Waals surface area (Å²) in [5.74, 6) is 0.681. The van der Waals surface area contributed by atoms with Crippen LogP contribution in [-0.2, 0) is 9.53 Å². The van der Waals surface area contributed by atoms with Crippen molar-refractivity contribution in [3.05, 3.63) is 23.8 Å². The minimum atomic E-state index is -0.492. The third-order valence-corrected chi connectivity index (χ3v) is 2.63. The van der Waals surface area contributed by atoms with Crippen LogP contribution >= 0.6 is 0 Å². The first kappa shape index (κ1) is 15.3. The zero-order valence-corrected chi connectivity index (χ0v) is 12.4. The van der Waals surface area contributed by atoms with E-state index in [-0.39, 0.29) is 11.9 Å². The summed E-state index contributed by atoms with van der Waals surface area (Å²) in [4.78, 5) is 12.1. The molecule has 4 nitrogen and oxygen atoms in total. The summed E-state index contributed by atoms with van der Waals surface area (Å²) >= 11 is 0. The Morgan fingerprint density at radius 2 is 1.53 bits per heavy atom. The standard InChI is InChI=1S/C15H22O4/c1-10(14(16)19-15(2,3)4)11-7-12(17-5)9-13(8-11)18-6/h7-10H,1-6H3. The zero-order valence-electron chi connectivity index (χ0n) is 12.4. The van der Waals surface area contributed by atoms with Gasteiger partial charge in [0.1, 0.15) is 17.1 Å². The number of methoxy groups -OCH3 is 2. The average molecular weight is 266 g/mol. The lowest BCUT2D eigenvalue weighted by Crippen LogP contribution is -2.26. The van der Waals surface area contributed by atoms with E-state index in [1.54, 1.807) is 20.3 Å². The summed E-state index contributed by atoms with van der Waals surface area (Å²) in [5, 5.41) is 0. The minimum absolute atomic E-state index is 0.261. The average Bonchev–Trinajstić information content (AvgIpc) is 2.35. The van der Waals surface area contributed by atoms with Gasteiger partial charge in [-0.15, -0.1) is 0 Å². The van der Waals surface area contributed by atoms with Gasteiger partial charge in [-0.05, 0) is 45.4 Å². The maximum Gasteiger partial charge on any atom is 0.313 e. The Bertz CT molecular complexity index is 424. The Hall–Kier alpha value is -1.71. The first-order chi connectivity index (χ1) is 8.76. The Kier molecular flexibility index (Phi) is 4.81. The summed E-state index contributed by atoms with van der Waals surface area (Å²) < 4.78 is 15.8. The highest BCUT2D eigenvalue weighted by molar-refractivity contribution is 5.78. The van der Waals surface area contributed by atoms with Crippen LogP contribution in [0.25, 0.3) is 0 Å². The van der Waals surface area contributed by atoms with Gasteiger partial charge >= 0.3 is 5.97 Å². The van der Waals surface area contributed by atoms with Gasteiger partial charge in [0.25, 0.3) is 0 Å². The molecule has 4 heteroatoms. The van der Waals surface area contributed by atoms with Gasteiger partial charge in [0.15, 0.2) is 0 Å². The van der Waals surface area contributed by atoms with Crippen LogP contribution in [0.3, 0.4) is 0 Å². The first-order valence-corrected chi connectivity index (χ1v) is 6.22. The predicted molar refractivity (Wildman–Crippen MR) is 73.8 cm³/mol. The summed E-state index contributed by atoms with van der Waals surface area (Å²) in [6, 6.07) is 5.40. The number of hydrogen-bond donors (Lipinski definition) is 0. The molecule has 1 aromatic rings. The maximum absolute atomic E-state index is 12.1. The fraction of sp³-hybridized carbons (Fsp3) is 0.533. The molecule has 0 heterocycles. The van der Waals surface area contributed by atoms with Crippen LogP contribution in [0.15, 0.2) is 18.2 Å². The number of carbonyl (C=O) groups is 1. The lowest BCUT2D eigenvalue weighted by Gasteiger charge is -2.22. The van der Waals surface area contributed by atoms with E-state index in [9.17, 15) is 4.79 Å². The molecule has 0 fully saturated rings. The van der Waals surface area contributed by atoms with Gasteiger partial charge in [-0.25, -0.2) is 0 Å². The first-order valence-electron chi connectivity index (χ1n) is 6.22.